The number of rotatable bonds is 8. The summed E-state index contributed by atoms with van der Waals surface area (Å²) < 4.78 is 27.9. The summed E-state index contributed by atoms with van der Waals surface area (Å²) >= 11 is 0. The smallest absolute Gasteiger partial charge is 0.337 e. The van der Waals surface area contributed by atoms with Crippen molar-refractivity contribution < 1.29 is 18.3 Å². The van der Waals surface area contributed by atoms with Gasteiger partial charge in [0.25, 0.3) is 0 Å². The van der Waals surface area contributed by atoms with Crippen molar-refractivity contribution in [1.82, 2.24) is 4.72 Å². The Balaban J connectivity index is 2.31. The molecule has 0 saturated heterocycles. The molecule has 2 rings (SSSR count). The van der Waals surface area contributed by atoms with E-state index < -0.39 is 22.0 Å². The van der Waals surface area contributed by atoms with Gasteiger partial charge >= 0.3 is 5.97 Å². The molecule has 2 aromatic carbocycles. The minimum Gasteiger partial charge on any atom is -0.478 e. The quantitative estimate of drug-likeness (QED) is 0.654. The van der Waals surface area contributed by atoms with Gasteiger partial charge < -0.3 is 10.4 Å². The minimum atomic E-state index is -3.86. The SMILES string of the molecule is CC[C@@H](C)Nc1ccc(S(=O)(=O)N[C@H](C)c2ccccc2)cc1C(=O)O. The molecule has 2 atom stereocenters. The van der Waals surface area contributed by atoms with Crippen LogP contribution >= 0.6 is 0 Å². The summed E-state index contributed by atoms with van der Waals surface area (Å²) in [7, 11) is -3.86. The second kappa shape index (κ2) is 8.33. The first-order chi connectivity index (χ1) is 12.2. The van der Waals surface area contributed by atoms with Gasteiger partial charge in [-0.25, -0.2) is 17.9 Å². The zero-order valence-corrected chi connectivity index (χ0v) is 15.9. The van der Waals surface area contributed by atoms with Crippen LogP contribution in [0.1, 0.15) is 49.2 Å². The first kappa shape index (κ1) is 19.9. The van der Waals surface area contributed by atoms with Gasteiger partial charge in [-0.05, 0) is 44.0 Å². The van der Waals surface area contributed by atoms with Gasteiger partial charge in [0.15, 0.2) is 0 Å². The largest absolute Gasteiger partial charge is 0.478 e. The molecular weight excluding hydrogens is 352 g/mol. The Labute approximate surface area is 154 Å². The Hall–Kier alpha value is -2.38. The number of sulfonamides is 1. The van der Waals surface area contributed by atoms with Crippen LogP contribution in [-0.2, 0) is 10.0 Å². The lowest BCUT2D eigenvalue weighted by molar-refractivity contribution is 0.0697. The van der Waals surface area contributed by atoms with Crippen LogP contribution in [0, 0.1) is 0 Å². The Morgan fingerprint density at radius 1 is 1.12 bits per heavy atom. The van der Waals surface area contributed by atoms with Gasteiger partial charge in [0, 0.05) is 17.8 Å². The minimum absolute atomic E-state index is 0.0689. The number of carboxylic acids is 1. The average molecular weight is 376 g/mol. The zero-order chi connectivity index (χ0) is 19.3. The molecule has 0 bridgehead atoms. The van der Waals surface area contributed by atoms with Crippen LogP contribution in [-0.4, -0.2) is 25.5 Å². The number of benzene rings is 2. The summed E-state index contributed by atoms with van der Waals surface area (Å²) in [6, 6.07) is 12.9. The molecule has 140 valence electrons. The van der Waals surface area contributed by atoms with Crippen LogP contribution < -0.4 is 10.0 Å². The van der Waals surface area contributed by atoms with Gasteiger partial charge in [0.2, 0.25) is 10.0 Å². The Morgan fingerprint density at radius 2 is 1.77 bits per heavy atom. The van der Waals surface area contributed by atoms with Gasteiger partial charge in [-0.1, -0.05) is 37.3 Å². The van der Waals surface area contributed by atoms with Crippen molar-refractivity contribution in [3.8, 4) is 0 Å². The van der Waals surface area contributed by atoms with E-state index in [0.717, 1.165) is 12.0 Å². The molecule has 0 amide bonds. The Kier molecular flexibility index (Phi) is 6.39. The second-order valence-electron chi connectivity index (χ2n) is 6.22. The number of aromatic carboxylic acids is 1. The van der Waals surface area contributed by atoms with E-state index in [9.17, 15) is 18.3 Å². The maximum Gasteiger partial charge on any atom is 0.337 e. The summed E-state index contributed by atoms with van der Waals surface area (Å²) in [6.07, 6.45) is 0.815. The highest BCUT2D eigenvalue weighted by molar-refractivity contribution is 7.89. The zero-order valence-electron chi connectivity index (χ0n) is 15.1. The van der Waals surface area contributed by atoms with Crippen molar-refractivity contribution in [2.24, 2.45) is 0 Å². The normalized spacial score (nSPS) is 13.8. The summed E-state index contributed by atoms with van der Waals surface area (Å²) in [5.41, 5.74) is 1.16. The third kappa shape index (κ3) is 4.83. The van der Waals surface area contributed by atoms with Crippen molar-refractivity contribution >= 4 is 21.7 Å². The van der Waals surface area contributed by atoms with Crippen molar-refractivity contribution in [1.29, 1.82) is 0 Å². The molecule has 26 heavy (non-hydrogen) atoms. The predicted molar refractivity (Wildman–Crippen MR) is 102 cm³/mol. The molecule has 0 aliphatic rings. The third-order valence-electron chi connectivity index (χ3n) is 4.18. The van der Waals surface area contributed by atoms with E-state index in [2.05, 4.69) is 10.0 Å². The van der Waals surface area contributed by atoms with E-state index in [-0.39, 0.29) is 16.5 Å². The highest BCUT2D eigenvalue weighted by Crippen LogP contribution is 2.23. The molecule has 0 aliphatic heterocycles. The van der Waals surface area contributed by atoms with Gasteiger partial charge in [0.1, 0.15) is 0 Å². The fourth-order valence-corrected chi connectivity index (χ4v) is 3.73. The van der Waals surface area contributed by atoms with Crippen LogP contribution in [0.15, 0.2) is 53.4 Å². The van der Waals surface area contributed by atoms with Crippen molar-refractivity contribution in [2.45, 2.75) is 44.2 Å². The average Bonchev–Trinajstić information content (AvgIpc) is 2.61. The highest BCUT2D eigenvalue weighted by atomic mass is 32.2. The lowest BCUT2D eigenvalue weighted by Gasteiger charge is -2.18. The number of hydrogen-bond donors (Lipinski definition) is 3. The molecule has 2 aromatic rings. The van der Waals surface area contributed by atoms with Gasteiger partial charge in [0.05, 0.1) is 10.5 Å². The Bertz CT molecular complexity index is 866. The molecule has 6 nitrogen and oxygen atoms in total. The first-order valence-electron chi connectivity index (χ1n) is 8.45. The summed E-state index contributed by atoms with van der Waals surface area (Å²) in [4.78, 5) is 11.5. The van der Waals surface area contributed by atoms with E-state index in [4.69, 9.17) is 0 Å². The molecule has 0 unspecified atom stereocenters. The summed E-state index contributed by atoms with van der Waals surface area (Å²) in [5, 5.41) is 12.5. The highest BCUT2D eigenvalue weighted by Gasteiger charge is 2.22. The lowest BCUT2D eigenvalue weighted by Crippen LogP contribution is -2.27. The molecule has 0 fully saturated rings. The third-order valence-corrected chi connectivity index (χ3v) is 5.72. The van der Waals surface area contributed by atoms with Crippen molar-refractivity contribution in [3.05, 3.63) is 59.7 Å². The molecular formula is C19H24N2O4S. The van der Waals surface area contributed by atoms with Crippen molar-refractivity contribution in [2.75, 3.05) is 5.32 Å². The fraction of sp³-hybridized carbons (Fsp3) is 0.316. The van der Waals surface area contributed by atoms with E-state index in [0.29, 0.717) is 5.69 Å². The first-order valence-corrected chi connectivity index (χ1v) is 9.94. The molecule has 0 aromatic heterocycles. The molecule has 3 N–H and O–H groups in total. The monoisotopic (exact) mass is 376 g/mol. The Morgan fingerprint density at radius 3 is 2.35 bits per heavy atom. The molecule has 0 radical (unpaired) electrons. The number of carbonyl (C=O) groups is 1. The topological polar surface area (TPSA) is 95.5 Å². The van der Waals surface area contributed by atoms with E-state index in [1.807, 2.05) is 44.2 Å². The molecule has 0 aliphatic carbocycles. The number of carboxylic acid groups (broad SMARTS) is 1. The van der Waals surface area contributed by atoms with Crippen LogP contribution in [0.3, 0.4) is 0 Å². The van der Waals surface area contributed by atoms with Crippen molar-refractivity contribution in [3.63, 3.8) is 0 Å². The van der Waals surface area contributed by atoms with Gasteiger partial charge in [-0.2, -0.15) is 0 Å². The molecule has 0 heterocycles. The van der Waals surface area contributed by atoms with Crippen LogP contribution in [0.2, 0.25) is 0 Å². The van der Waals surface area contributed by atoms with E-state index in [1.54, 1.807) is 6.92 Å². The van der Waals surface area contributed by atoms with Gasteiger partial charge in [-0.3, -0.25) is 0 Å². The van der Waals surface area contributed by atoms with Gasteiger partial charge in [-0.15, -0.1) is 0 Å². The van der Waals surface area contributed by atoms with E-state index >= 15 is 0 Å². The van der Waals surface area contributed by atoms with Crippen LogP contribution in [0.5, 0.6) is 0 Å². The lowest BCUT2D eigenvalue weighted by atomic mass is 10.1. The number of nitrogens with one attached hydrogen (secondary N) is 2. The molecule has 0 saturated carbocycles. The fourth-order valence-electron chi connectivity index (χ4n) is 2.47. The summed E-state index contributed by atoms with van der Waals surface area (Å²) in [5.74, 6) is -1.18. The van der Waals surface area contributed by atoms with Crippen LogP contribution in [0.25, 0.3) is 0 Å². The maximum atomic E-state index is 12.7. The second-order valence-corrected chi connectivity index (χ2v) is 7.93. The molecule has 7 heteroatoms. The number of hydrogen-bond acceptors (Lipinski definition) is 4. The maximum absolute atomic E-state index is 12.7. The number of anilines is 1. The van der Waals surface area contributed by atoms with E-state index in [1.165, 1.54) is 18.2 Å². The van der Waals surface area contributed by atoms with Crippen LogP contribution in [0.4, 0.5) is 5.69 Å². The molecule has 0 spiro atoms. The predicted octanol–water partition coefficient (Wildman–Crippen LogP) is 3.63. The summed E-state index contributed by atoms with van der Waals surface area (Å²) in [6.45, 7) is 5.65. The standard InChI is InChI=1S/C19H24N2O4S/c1-4-13(2)20-18-11-10-16(12-17(18)19(22)23)26(24,25)21-14(3)15-8-6-5-7-9-15/h5-14,20-21H,4H2,1-3H3,(H,22,23)/t13-,14-/m1/s1.